The molecule has 0 fully saturated rings. The SMILES string of the molecule is O=S(=O)(NCC(F)(F)F)c1ccc(NS(=O)(=O)c2ccc(Cl)cc2)cc1. The third-order valence-corrected chi connectivity index (χ3v) is 6.07. The number of hydrogen-bond acceptors (Lipinski definition) is 4. The highest BCUT2D eigenvalue weighted by molar-refractivity contribution is 7.92. The second-order valence-electron chi connectivity index (χ2n) is 5.02. The smallest absolute Gasteiger partial charge is 0.280 e. The van der Waals surface area contributed by atoms with Crippen molar-refractivity contribution in [2.75, 3.05) is 11.3 Å². The van der Waals surface area contributed by atoms with Crippen molar-refractivity contribution in [3.05, 3.63) is 53.6 Å². The Labute approximate surface area is 153 Å². The fourth-order valence-electron chi connectivity index (χ4n) is 1.79. The molecular weight excluding hydrogens is 417 g/mol. The van der Waals surface area contributed by atoms with Gasteiger partial charge in [0.05, 0.1) is 9.79 Å². The second-order valence-corrected chi connectivity index (χ2v) is 8.91. The van der Waals surface area contributed by atoms with Gasteiger partial charge in [-0.1, -0.05) is 11.6 Å². The number of anilines is 1. The third-order valence-electron chi connectivity index (χ3n) is 3.00. The molecular formula is C14H12ClF3N2O4S2. The summed E-state index contributed by atoms with van der Waals surface area (Å²) >= 11 is 5.69. The molecule has 0 saturated carbocycles. The van der Waals surface area contributed by atoms with E-state index in [0.717, 1.165) is 24.3 Å². The zero-order valence-corrected chi connectivity index (χ0v) is 15.2. The zero-order valence-electron chi connectivity index (χ0n) is 12.8. The predicted molar refractivity (Wildman–Crippen MR) is 89.9 cm³/mol. The van der Waals surface area contributed by atoms with Gasteiger partial charge in [0.25, 0.3) is 10.0 Å². The molecule has 12 heteroatoms. The van der Waals surface area contributed by atoms with Gasteiger partial charge in [-0.15, -0.1) is 0 Å². The summed E-state index contributed by atoms with van der Waals surface area (Å²) in [6.45, 7) is -1.71. The van der Waals surface area contributed by atoms with E-state index in [1.165, 1.54) is 29.0 Å². The first-order valence-corrected chi connectivity index (χ1v) is 10.2. The molecule has 0 aromatic heterocycles. The van der Waals surface area contributed by atoms with Gasteiger partial charge in [0, 0.05) is 10.7 Å². The van der Waals surface area contributed by atoms with Crippen LogP contribution in [0.15, 0.2) is 58.3 Å². The molecule has 6 nitrogen and oxygen atoms in total. The zero-order chi connectivity index (χ0) is 19.6. The van der Waals surface area contributed by atoms with E-state index in [2.05, 4.69) is 4.72 Å². The summed E-state index contributed by atoms with van der Waals surface area (Å²) in [5.74, 6) is 0. The Balaban J connectivity index is 2.15. The lowest BCUT2D eigenvalue weighted by molar-refractivity contribution is -0.121. The first kappa shape index (κ1) is 20.5. The van der Waals surface area contributed by atoms with Gasteiger partial charge in [-0.3, -0.25) is 4.72 Å². The molecule has 0 atom stereocenters. The fraction of sp³-hybridized carbons (Fsp3) is 0.143. The van der Waals surface area contributed by atoms with E-state index in [9.17, 15) is 30.0 Å². The predicted octanol–water partition coefficient (Wildman–Crippen LogP) is 2.98. The average Bonchev–Trinajstić information content (AvgIpc) is 2.53. The van der Waals surface area contributed by atoms with Crippen molar-refractivity contribution >= 4 is 37.3 Å². The van der Waals surface area contributed by atoms with Crippen molar-refractivity contribution < 1.29 is 30.0 Å². The molecule has 0 radical (unpaired) electrons. The van der Waals surface area contributed by atoms with E-state index >= 15 is 0 Å². The Kier molecular flexibility index (Phi) is 5.85. The molecule has 2 aromatic carbocycles. The van der Waals surface area contributed by atoms with Crippen LogP contribution in [0.5, 0.6) is 0 Å². The van der Waals surface area contributed by atoms with Crippen LogP contribution < -0.4 is 9.44 Å². The van der Waals surface area contributed by atoms with Crippen LogP contribution in [0.2, 0.25) is 5.02 Å². The fourth-order valence-corrected chi connectivity index (χ4v) is 3.99. The number of nitrogens with one attached hydrogen (secondary N) is 2. The van der Waals surface area contributed by atoms with Crippen molar-refractivity contribution in [1.29, 1.82) is 0 Å². The number of benzene rings is 2. The third kappa shape index (κ3) is 5.59. The molecule has 0 aliphatic carbocycles. The summed E-state index contributed by atoms with van der Waals surface area (Å²) in [4.78, 5) is -0.498. The van der Waals surface area contributed by atoms with Gasteiger partial charge in [0.15, 0.2) is 0 Å². The van der Waals surface area contributed by atoms with Crippen LogP contribution in [-0.4, -0.2) is 29.6 Å². The summed E-state index contributed by atoms with van der Waals surface area (Å²) in [6, 6.07) is 9.55. The van der Waals surface area contributed by atoms with E-state index in [1.54, 1.807) is 0 Å². The van der Waals surface area contributed by atoms with Gasteiger partial charge in [-0.05, 0) is 48.5 Å². The van der Waals surface area contributed by atoms with E-state index in [0.29, 0.717) is 5.02 Å². The summed E-state index contributed by atoms with van der Waals surface area (Å²) in [7, 11) is -8.30. The molecule has 26 heavy (non-hydrogen) atoms. The minimum absolute atomic E-state index is 0.0368. The van der Waals surface area contributed by atoms with Gasteiger partial charge in [-0.2, -0.15) is 13.2 Å². The first-order valence-electron chi connectivity index (χ1n) is 6.84. The minimum atomic E-state index is -4.69. The Morgan fingerprint density at radius 2 is 1.27 bits per heavy atom. The quantitative estimate of drug-likeness (QED) is 0.739. The molecule has 0 saturated heterocycles. The molecule has 2 aromatic rings. The first-order chi connectivity index (χ1) is 11.9. The number of halogens is 4. The van der Waals surface area contributed by atoms with E-state index < -0.39 is 37.7 Å². The Bertz CT molecular complexity index is 974. The molecule has 2 rings (SSSR count). The molecule has 0 aliphatic heterocycles. The Morgan fingerprint density at radius 1 is 0.808 bits per heavy atom. The summed E-state index contributed by atoms with van der Waals surface area (Å²) in [5.41, 5.74) is 0.0368. The van der Waals surface area contributed by atoms with Gasteiger partial charge >= 0.3 is 6.18 Å². The minimum Gasteiger partial charge on any atom is -0.280 e. The Hall–Kier alpha value is -1.82. The maximum absolute atomic E-state index is 12.2. The maximum Gasteiger partial charge on any atom is 0.402 e. The van der Waals surface area contributed by atoms with Gasteiger partial charge in [0.1, 0.15) is 6.54 Å². The second kappa shape index (κ2) is 7.43. The molecule has 0 aliphatic rings. The summed E-state index contributed by atoms with van der Waals surface area (Å²) in [6.07, 6.45) is -4.69. The molecule has 0 heterocycles. The van der Waals surface area contributed by atoms with Crippen molar-refractivity contribution in [2.45, 2.75) is 16.0 Å². The largest absolute Gasteiger partial charge is 0.402 e. The number of hydrogen-bond donors (Lipinski definition) is 2. The van der Waals surface area contributed by atoms with E-state index in [1.807, 2.05) is 0 Å². The topological polar surface area (TPSA) is 92.3 Å². The molecule has 2 N–H and O–H groups in total. The van der Waals surface area contributed by atoms with Gasteiger partial charge in [-0.25, -0.2) is 21.6 Å². The number of rotatable bonds is 6. The van der Waals surface area contributed by atoms with Crippen LogP contribution in [0.3, 0.4) is 0 Å². The van der Waals surface area contributed by atoms with Crippen LogP contribution in [0.25, 0.3) is 0 Å². The molecule has 0 spiro atoms. The molecule has 0 unspecified atom stereocenters. The Morgan fingerprint density at radius 3 is 1.77 bits per heavy atom. The van der Waals surface area contributed by atoms with Crippen molar-refractivity contribution in [3.8, 4) is 0 Å². The van der Waals surface area contributed by atoms with Gasteiger partial charge < -0.3 is 0 Å². The molecule has 0 amide bonds. The lowest BCUT2D eigenvalue weighted by atomic mass is 10.3. The monoisotopic (exact) mass is 428 g/mol. The van der Waals surface area contributed by atoms with E-state index in [4.69, 9.17) is 11.6 Å². The van der Waals surface area contributed by atoms with Crippen molar-refractivity contribution in [3.63, 3.8) is 0 Å². The molecule has 142 valence electrons. The van der Waals surface area contributed by atoms with Crippen LogP contribution in [0.1, 0.15) is 0 Å². The van der Waals surface area contributed by atoms with Crippen LogP contribution in [-0.2, 0) is 20.0 Å². The van der Waals surface area contributed by atoms with Crippen LogP contribution in [0.4, 0.5) is 18.9 Å². The van der Waals surface area contributed by atoms with Crippen LogP contribution in [0, 0.1) is 0 Å². The van der Waals surface area contributed by atoms with Crippen molar-refractivity contribution in [2.24, 2.45) is 0 Å². The van der Waals surface area contributed by atoms with Gasteiger partial charge in [0.2, 0.25) is 10.0 Å². The summed E-state index contributed by atoms with van der Waals surface area (Å²) in [5, 5.41) is 0.352. The number of alkyl halides is 3. The lowest BCUT2D eigenvalue weighted by Crippen LogP contribution is -2.33. The summed E-state index contributed by atoms with van der Waals surface area (Å²) < 4.78 is 87.9. The van der Waals surface area contributed by atoms with E-state index in [-0.39, 0.29) is 10.6 Å². The average molecular weight is 429 g/mol. The number of sulfonamides is 2. The lowest BCUT2D eigenvalue weighted by Gasteiger charge is -2.11. The highest BCUT2D eigenvalue weighted by Crippen LogP contribution is 2.20. The standard InChI is InChI=1S/C14H12ClF3N2O4S2/c15-10-1-5-13(6-2-10)26(23,24)20-11-3-7-12(8-4-11)25(21,22)19-9-14(16,17)18/h1-8,19-20H,9H2. The highest BCUT2D eigenvalue weighted by Gasteiger charge is 2.30. The maximum atomic E-state index is 12.2. The normalized spacial score (nSPS) is 12.8. The molecule has 0 bridgehead atoms. The van der Waals surface area contributed by atoms with Crippen molar-refractivity contribution in [1.82, 2.24) is 4.72 Å². The van der Waals surface area contributed by atoms with Crippen LogP contribution >= 0.6 is 11.6 Å². The highest BCUT2D eigenvalue weighted by atomic mass is 35.5.